The Morgan fingerprint density at radius 1 is 0.421 bits per heavy atom. The second kappa shape index (κ2) is 16.2. The molecule has 2 aromatic rings. The number of carbonyl (C=O) groups is 4. The summed E-state index contributed by atoms with van der Waals surface area (Å²) in [5, 5.41) is 0. The molecule has 0 spiro atoms. The van der Waals surface area contributed by atoms with Gasteiger partial charge in [0.05, 0.1) is 50.7 Å². The van der Waals surface area contributed by atoms with Gasteiger partial charge in [-0.2, -0.15) is 0 Å². The van der Waals surface area contributed by atoms with Crippen LogP contribution in [0.15, 0.2) is 36.4 Å². The molecule has 2 rings (SSSR count). The summed E-state index contributed by atoms with van der Waals surface area (Å²) < 4.78 is 19.2. The topological polar surface area (TPSA) is 105 Å². The van der Waals surface area contributed by atoms with Gasteiger partial charge in [-0.3, -0.25) is 0 Å². The molecule has 0 saturated heterocycles. The minimum atomic E-state index is -0.475. The number of methoxy groups -OCH3 is 4. The van der Waals surface area contributed by atoms with Crippen molar-refractivity contribution in [2.75, 3.05) is 28.4 Å². The lowest BCUT2D eigenvalue weighted by atomic mass is 9.99. The highest BCUT2D eigenvalue weighted by Gasteiger charge is 2.15. The maximum absolute atomic E-state index is 11.9. The molecule has 8 heteroatoms. The fraction of sp³-hybridized carbons (Fsp3) is 0.467. The Hall–Kier alpha value is -3.68. The van der Waals surface area contributed by atoms with E-state index in [0.29, 0.717) is 22.3 Å². The number of ether oxygens (including phenoxy) is 4. The van der Waals surface area contributed by atoms with E-state index in [-0.39, 0.29) is 0 Å². The third kappa shape index (κ3) is 9.65. The van der Waals surface area contributed by atoms with Gasteiger partial charge >= 0.3 is 23.9 Å². The summed E-state index contributed by atoms with van der Waals surface area (Å²) in [5.74, 6) is -1.90. The summed E-state index contributed by atoms with van der Waals surface area (Å²) in [5.41, 5.74) is 3.24. The summed E-state index contributed by atoms with van der Waals surface area (Å²) in [6.45, 7) is 0. The van der Waals surface area contributed by atoms with Gasteiger partial charge in [0.25, 0.3) is 0 Å². The fourth-order valence-corrected chi connectivity index (χ4v) is 4.33. The molecule has 0 aliphatic carbocycles. The van der Waals surface area contributed by atoms with Crippen molar-refractivity contribution in [2.45, 2.75) is 64.2 Å². The molecular weight excluding hydrogens is 488 g/mol. The number of hydrogen-bond donors (Lipinski definition) is 0. The van der Waals surface area contributed by atoms with E-state index in [1.807, 2.05) is 0 Å². The lowest BCUT2D eigenvalue weighted by molar-refractivity contribution is 0.0581. The van der Waals surface area contributed by atoms with Crippen LogP contribution < -0.4 is 0 Å². The van der Waals surface area contributed by atoms with E-state index in [0.717, 1.165) is 75.3 Å². The molecule has 0 atom stereocenters. The molecule has 0 N–H and O–H groups in total. The number of aryl methyl sites for hydroxylation is 2. The van der Waals surface area contributed by atoms with Gasteiger partial charge in [-0.1, -0.05) is 38.5 Å². The molecule has 206 valence electrons. The number of unbranched alkanes of at least 4 members (excludes halogenated alkanes) is 7. The predicted octanol–water partition coefficient (Wildman–Crippen LogP) is 5.74. The predicted molar refractivity (Wildman–Crippen MR) is 143 cm³/mol. The molecule has 0 radical (unpaired) electrons. The first-order valence-electron chi connectivity index (χ1n) is 12.9. The van der Waals surface area contributed by atoms with Gasteiger partial charge in [0, 0.05) is 0 Å². The molecule has 38 heavy (non-hydrogen) atoms. The van der Waals surface area contributed by atoms with Crippen molar-refractivity contribution in [3.05, 3.63) is 69.8 Å². The Bertz CT molecular complexity index is 949. The summed E-state index contributed by atoms with van der Waals surface area (Å²) >= 11 is 0. The number of rotatable bonds is 15. The van der Waals surface area contributed by atoms with Crippen LogP contribution in [-0.4, -0.2) is 52.3 Å². The van der Waals surface area contributed by atoms with Crippen LogP contribution >= 0.6 is 0 Å². The van der Waals surface area contributed by atoms with Gasteiger partial charge in [-0.15, -0.1) is 0 Å². The molecule has 0 bridgehead atoms. The van der Waals surface area contributed by atoms with Crippen LogP contribution in [0, 0.1) is 0 Å². The lowest BCUT2D eigenvalue weighted by Crippen LogP contribution is -2.08. The molecule has 0 heterocycles. The molecule has 0 amide bonds. The van der Waals surface area contributed by atoms with Crippen LogP contribution in [0.1, 0.15) is 104 Å². The highest BCUT2D eigenvalue weighted by Crippen LogP contribution is 2.18. The van der Waals surface area contributed by atoms with Crippen molar-refractivity contribution >= 4 is 23.9 Å². The van der Waals surface area contributed by atoms with E-state index in [9.17, 15) is 19.2 Å². The van der Waals surface area contributed by atoms with Crippen LogP contribution in [0.4, 0.5) is 0 Å². The highest BCUT2D eigenvalue weighted by atomic mass is 16.5. The lowest BCUT2D eigenvalue weighted by Gasteiger charge is -2.09. The minimum Gasteiger partial charge on any atom is -0.465 e. The summed E-state index contributed by atoms with van der Waals surface area (Å²) in [6.07, 6.45) is 10.1. The number of hydrogen-bond acceptors (Lipinski definition) is 8. The summed E-state index contributed by atoms with van der Waals surface area (Å²) in [4.78, 5) is 47.7. The Morgan fingerprint density at radius 3 is 0.895 bits per heavy atom. The standard InChI is InChI=1S/C30H38O8/c1-35-27(31)23-15-21(16-24(19-23)28(32)36-2)13-11-9-7-5-6-8-10-12-14-22-17-25(29(33)37-3)20-26(18-22)30(34)38-4/h15-20H,5-14H2,1-4H3. The normalized spacial score (nSPS) is 10.5. The first-order chi connectivity index (χ1) is 18.3. The van der Waals surface area contributed by atoms with Crippen LogP contribution in [0.5, 0.6) is 0 Å². The van der Waals surface area contributed by atoms with Crippen molar-refractivity contribution in [3.63, 3.8) is 0 Å². The molecule has 0 aliphatic rings. The Kier molecular flexibility index (Phi) is 13.0. The van der Waals surface area contributed by atoms with E-state index < -0.39 is 23.9 Å². The van der Waals surface area contributed by atoms with E-state index in [1.165, 1.54) is 40.6 Å². The van der Waals surface area contributed by atoms with Crippen molar-refractivity contribution in [1.29, 1.82) is 0 Å². The third-order valence-electron chi connectivity index (χ3n) is 6.35. The largest absolute Gasteiger partial charge is 0.465 e. The van der Waals surface area contributed by atoms with Crippen molar-refractivity contribution in [1.82, 2.24) is 0 Å². The van der Waals surface area contributed by atoms with Crippen LogP contribution in [0.3, 0.4) is 0 Å². The van der Waals surface area contributed by atoms with E-state index in [2.05, 4.69) is 0 Å². The van der Waals surface area contributed by atoms with Gasteiger partial charge in [0.2, 0.25) is 0 Å². The number of benzene rings is 2. The van der Waals surface area contributed by atoms with Crippen molar-refractivity contribution in [3.8, 4) is 0 Å². The Labute approximate surface area is 224 Å². The summed E-state index contributed by atoms with van der Waals surface area (Å²) in [7, 11) is 5.26. The maximum atomic E-state index is 11.9. The second-order valence-electron chi connectivity index (χ2n) is 9.13. The summed E-state index contributed by atoms with van der Waals surface area (Å²) in [6, 6.07) is 10.1. The SMILES string of the molecule is COC(=O)c1cc(CCCCCCCCCCc2cc(C(=O)OC)cc(C(=O)OC)c2)cc(C(=O)OC)c1. The molecule has 0 unspecified atom stereocenters. The average Bonchev–Trinajstić information content (AvgIpc) is 2.95. The first-order valence-corrected chi connectivity index (χ1v) is 12.9. The third-order valence-corrected chi connectivity index (χ3v) is 6.35. The van der Waals surface area contributed by atoms with Crippen molar-refractivity contribution < 1.29 is 38.1 Å². The zero-order chi connectivity index (χ0) is 27.9. The zero-order valence-corrected chi connectivity index (χ0v) is 22.8. The van der Waals surface area contributed by atoms with Crippen LogP contribution in [0.2, 0.25) is 0 Å². The van der Waals surface area contributed by atoms with E-state index >= 15 is 0 Å². The molecular formula is C30H38O8. The van der Waals surface area contributed by atoms with E-state index in [1.54, 1.807) is 24.3 Å². The highest BCUT2D eigenvalue weighted by molar-refractivity contribution is 5.96. The molecule has 0 saturated carbocycles. The maximum Gasteiger partial charge on any atom is 0.337 e. The van der Waals surface area contributed by atoms with Gasteiger partial charge < -0.3 is 18.9 Å². The first kappa shape index (κ1) is 30.5. The average molecular weight is 527 g/mol. The van der Waals surface area contributed by atoms with E-state index in [4.69, 9.17) is 18.9 Å². The zero-order valence-electron chi connectivity index (χ0n) is 22.8. The van der Waals surface area contributed by atoms with Gasteiger partial charge in [0.1, 0.15) is 0 Å². The number of esters is 4. The van der Waals surface area contributed by atoms with Crippen LogP contribution in [-0.2, 0) is 31.8 Å². The van der Waals surface area contributed by atoms with Gasteiger partial charge in [-0.05, 0) is 73.2 Å². The van der Waals surface area contributed by atoms with Crippen molar-refractivity contribution in [2.24, 2.45) is 0 Å². The smallest absolute Gasteiger partial charge is 0.337 e. The molecule has 8 nitrogen and oxygen atoms in total. The Balaban J connectivity index is 1.71. The minimum absolute atomic E-state index is 0.351. The Morgan fingerprint density at radius 2 is 0.658 bits per heavy atom. The molecule has 2 aromatic carbocycles. The quantitative estimate of drug-likeness (QED) is 0.164. The monoisotopic (exact) mass is 526 g/mol. The number of carbonyl (C=O) groups excluding carboxylic acids is 4. The fourth-order valence-electron chi connectivity index (χ4n) is 4.33. The van der Waals surface area contributed by atoms with Crippen LogP contribution in [0.25, 0.3) is 0 Å². The van der Waals surface area contributed by atoms with Gasteiger partial charge in [0.15, 0.2) is 0 Å². The van der Waals surface area contributed by atoms with Gasteiger partial charge in [-0.25, -0.2) is 19.2 Å². The molecule has 0 fully saturated rings. The molecule has 0 aliphatic heterocycles. The second-order valence-corrected chi connectivity index (χ2v) is 9.13. The molecule has 0 aromatic heterocycles.